The van der Waals surface area contributed by atoms with Crippen LogP contribution in [0.3, 0.4) is 0 Å². The molecule has 106 valence electrons. The van der Waals surface area contributed by atoms with E-state index in [9.17, 15) is 9.59 Å². The average Bonchev–Trinajstić information content (AvgIpc) is 2.45. The molecule has 0 bridgehead atoms. The Bertz CT molecular complexity index is 362. The van der Waals surface area contributed by atoms with Gasteiger partial charge in [0.05, 0.1) is 6.61 Å². The van der Waals surface area contributed by atoms with Crippen molar-refractivity contribution < 1.29 is 19.1 Å². The van der Waals surface area contributed by atoms with E-state index in [1.54, 1.807) is 13.0 Å². The van der Waals surface area contributed by atoms with Crippen LogP contribution >= 0.6 is 0 Å². The Kier molecular flexibility index (Phi) is 6.33. The summed E-state index contributed by atoms with van der Waals surface area (Å²) >= 11 is 0. The Morgan fingerprint density at radius 3 is 2.42 bits per heavy atom. The minimum Gasteiger partial charge on any atom is -0.462 e. The smallest absolute Gasteiger partial charge is 0.333 e. The van der Waals surface area contributed by atoms with Gasteiger partial charge in [-0.1, -0.05) is 12.7 Å². The van der Waals surface area contributed by atoms with Crippen molar-refractivity contribution in [1.29, 1.82) is 0 Å². The summed E-state index contributed by atoms with van der Waals surface area (Å²) in [5.41, 5.74) is 0.641. The van der Waals surface area contributed by atoms with Crippen LogP contribution in [0.2, 0.25) is 0 Å². The largest absolute Gasteiger partial charge is 0.462 e. The molecule has 0 N–H and O–H groups in total. The minimum absolute atomic E-state index is 0.00578. The third-order valence-electron chi connectivity index (χ3n) is 3.45. The lowest BCUT2D eigenvalue weighted by atomic mass is 9.88. The van der Waals surface area contributed by atoms with Crippen LogP contribution in [0.1, 0.15) is 39.5 Å². The highest BCUT2D eigenvalue weighted by molar-refractivity contribution is 5.87. The monoisotopic (exact) mass is 266 g/mol. The molecule has 0 amide bonds. The van der Waals surface area contributed by atoms with E-state index in [1.807, 2.05) is 6.92 Å². The molecule has 0 aromatic heterocycles. The summed E-state index contributed by atoms with van der Waals surface area (Å²) in [6, 6.07) is 0. The van der Waals surface area contributed by atoms with Crippen LogP contribution in [-0.2, 0) is 19.1 Å². The molecule has 1 aliphatic carbocycles. The maximum Gasteiger partial charge on any atom is 0.333 e. The SMILES string of the molecule is C=CC(=O)OCC1CCC(OC(=O)C(C)=CC)CC1. The Morgan fingerprint density at radius 1 is 1.26 bits per heavy atom. The van der Waals surface area contributed by atoms with Crippen LogP contribution in [0.5, 0.6) is 0 Å². The van der Waals surface area contributed by atoms with Crippen LogP contribution in [-0.4, -0.2) is 24.6 Å². The second kappa shape index (κ2) is 7.77. The van der Waals surface area contributed by atoms with Gasteiger partial charge in [-0.2, -0.15) is 0 Å². The molecule has 0 saturated heterocycles. The first-order valence-electron chi connectivity index (χ1n) is 6.70. The first-order chi connectivity index (χ1) is 9.06. The van der Waals surface area contributed by atoms with Gasteiger partial charge >= 0.3 is 11.9 Å². The summed E-state index contributed by atoms with van der Waals surface area (Å²) < 4.78 is 10.4. The molecule has 1 rings (SSSR count). The van der Waals surface area contributed by atoms with E-state index in [1.165, 1.54) is 6.08 Å². The van der Waals surface area contributed by atoms with Gasteiger partial charge in [0.15, 0.2) is 0 Å². The molecule has 0 unspecified atom stereocenters. The van der Waals surface area contributed by atoms with Crippen LogP contribution in [0.15, 0.2) is 24.3 Å². The van der Waals surface area contributed by atoms with Crippen molar-refractivity contribution in [2.45, 2.75) is 45.6 Å². The highest BCUT2D eigenvalue weighted by Crippen LogP contribution is 2.27. The Hall–Kier alpha value is -1.58. The van der Waals surface area contributed by atoms with Crippen LogP contribution in [0, 0.1) is 5.92 Å². The predicted octanol–water partition coefficient (Wildman–Crippen LogP) is 2.78. The summed E-state index contributed by atoms with van der Waals surface area (Å²) in [5, 5.41) is 0. The molecule has 1 fully saturated rings. The first kappa shape index (κ1) is 15.5. The molecule has 1 saturated carbocycles. The van der Waals surface area contributed by atoms with Crippen LogP contribution in [0.4, 0.5) is 0 Å². The number of esters is 2. The van der Waals surface area contributed by atoms with Crippen molar-refractivity contribution in [2.75, 3.05) is 6.61 Å². The molecule has 0 spiro atoms. The van der Waals surface area contributed by atoms with Crippen LogP contribution in [0.25, 0.3) is 0 Å². The summed E-state index contributed by atoms with van der Waals surface area (Å²) in [7, 11) is 0. The van der Waals surface area contributed by atoms with Gasteiger partial charge in [0, 0.05) is 11.6 Å². The van der Waals surface area contributed by atoms with E-state index >= 15 is 0 Å². The van der Waals surface area contributed by atoms with E-state index in [0.717, 1.165) is 25.7 Å². The van der Waals surface area contributed by atoms with Gasteiger partial charge < -0.3 is 9.47 Å². The van der Waals surface area contributed by atoms with Crippen molar-refractivity contribution in [1.82, 2.24) is 0 Å². The lowest BCUT2D eigenvalue weighted by Crippen LogP contribution is -2.27. The molecule has 0 aromatic rings. The molecule has 1 aliphatic rings. The average molecular weight is 266 g/mol. The van der Waals surface area contributed by atoms with Gasteiger partial charge in [0.2, 0.25) is 0 Å². The Morgan fingerprint density at radius 2 is 1.89 bits per heavy atom. The van der Waals surface area contributed by atoms with E-state index in [0.29, 0.717) is 18.1 Å². The van der Waals surface area contributed by atoms with E-state index in [2.05, 4.69) is 6.58 Å². The number of hydrogen-bond donors (Lipinski definition) is 0. The number of carbonyl (C=O) groups is 2. The van der Waals surface area contributed by atoms with Gasteiger partial charge in [-0.3, -0.25) is 0 Å². The zero-order valence-electron chi connectivity index (χ0n) is 11.7. The standard InChI is InChI=1S/C15H22O4/c1-4-11(3)15(17)19-13-8-6-12(7-9-13)10-18-14(16)5-2/h4-5,12-13H,2,6-10H2,1,3H3. The third-order valence-corrected chi connectivity index (χ3v) is 3.45. The van der Waals surface area contributed by atoms with Gasteiger partial charge in [-0.05, 0) is 45.4 Å². The molecule has 0 atom stereocenters. The van der Waals surface area contributed by atoms with Crippen molar-refractivity contribution in [2.24, 2.45) is 5.92 Å². The van der Waals surface area contributed by atoms with Crippen LogP contribution < -0.4 is 0 Å². The Balaban J connectivity index is 2.27. The maximum absolute atomic E-state index is 11.6. The highest BCUT2D eigenvalue weighted by Gasteiger charge is 2.24. The van der Waals surface area contributed by atoms with Gasteiger partial charge in [0.1, 0.15) is 6.10 Å². The van der Waals surface area contributed by atoms with Crippen molar-refractivity contribution in [3.63, 3.8) is 0 Å². The molecule has 19 heavy (non-hydrogen) atoms. The van der Waals surface area contributed by atoms with E-state index < -0.39 is 0 Å². The first-order valence-corrected chi connectivity index (χ1v) is 6.70. The quantitative estimate of drug-likeness (QED) is 0.567. The summed E-state index contributed by atoms with van der Waals surface area (Å²) in [5.74, 6) is -0.247. The van der Waals surface area contributed by atoms with Crippen molar-refractivity contribution in [3.8, 4) is 0 Å². The van der Waals surface area contributed by atoms with E-state index in [-0.39, 0.29) is 18.0 Å². The fourth-order valence-corrected chi connectivity index (χ4v) is 2.04. The predicted molar refractivity (Wildman–Crippen MR) is 72.4 cm³/mol. The second-order valence-electron chi connectivity index (χ2n) is 4.85. The Labute approximate surface area is 114 Å². The summed E-state index contributed by atoms with van der Waals surface area (Å²) in [6.07, 6.45) is 6.41. The number of allylic oxidation sites excluding steroid dienone is 1. The fraction of sp³-hybridized carbons (Fsp3) is 0.600. The van der Waals surface area contributed by atoms with Crippen molar-refractivity contribution in [3.05, 3.63) is 24.3 Å². The van der Waals surface area contributed by atoms with Gasteiger partial charge in [0.25, 0.3) is 0 Å². The normalized spacial score (nSPS) is 23.6. The molecule has 4 heteroatoms. The summed E-state index contributed by atoms with van der Waals surface area (Å²) in [6.45, 7) is 7.36. The fourth-order valence-electron chi connectivity index (χ4n) is 2.04. The second-order valence-corrected chi connectivity index (χ2v) is 4.85. The number of ether oxygens (including phenoxy) is 2. The molecule has 0 heterocycles. The lowest BCUT2D eigenvalue weighted by Gasteiger charge is -2.27. The number of hydrogen-bond acceptors (Lipinski definition) is 4. The number of carbonyl (C=O) groups excluding carboxylic acids is 2. The highest BCUT2D eigenvalue weighted by atomic mass is 16.5. The summed E-state index contributed by atoms with van der Waals surface area (Å²) in [4.78, 5) is 22.6. The number of rotatable bonds is 5. The maximum atomic E-state index is 11.6. The molecule has 0 aromatic carbocycles. The van der Waals surface area contributed by atoms with Crippen molar-refractivity contribution >= 4 is 11.9 Å². The minimum atomic E-state index is -0.378. The third kappa shape index (κ3) is 5.28. The molecular weight excluding hydrogens is 244 g/mol. The van der Waals surface area contributed by atoms with Gasteiger partial charge in [-0.25, -0.2) is 9.59 Å². The molecule has 0 radical (unpaired) electrons. The molecule has 4 nitrogen and oxygen atoms in total. The topological polar surface area (TPSA) is 52.6 Å². The zero-order chi connectivity index (χ0) is 14.3. The lowest BCUT2D eigenvalue weighted by molar-refractivity contribution is -0.146. The molecular formula is C15H22O4. The van der Waals surface area contributed by atoms with Gasteiger partial charge in [-0.15, -0.1) is 0 Å². The zero-order valence-corrected chi connectivity index (χ0v) is 11.7. The molecule has 0 aliphatic heterocycles. The van der Waals surface area contributed by atoms with E-state index in [4.69, 9.17) is 9.47 Å².